The highest BCUT2D eigenvalue weighted by atomic mass is 35.5. The summed E-state index contributed by atoms with van der Waals surface area (Å²) >= 11 is 11.8. The van der Waals surface area contributed by atoms with Gasteiger partial charge in [0.25, 0.3) is 5.91 Å². The molecule has 0 unspecified atom stereocenters. The number of aromatic carboxylic acids is 1. The Balaban J connectivity index is 0.000000165. The number of fused-ring (bicyclic) bond motifs is 6. The van der Waals surface area contributed by atoms with Gasteiger partial charge in [-0.15, -0.1) is 0 Å². The second-order valence-corrected chi connectivity index (χ2v) is 12.9. The highest BCUT2D eigenvalue weighted by Crippen LogP contribution is 2.38. The van der Waals surface area contributed by atoms with E-state index in [2.05, 4.69) is 30.6 Å². The number of alkyl carbamates (subject to hydrolysis) is 1. The lowest BCUT2D eigenvalue weighted by Gasteiger charge is -2.29. The van der Waals surface area contributed by atoms with Crippen molar-refractivity contribution >= 4 is 63.2 Å². The Hall–Kier alpha value is -3.97. The number of amides is 2. The van der Waals surface area contributed by atoms with Gasteiger partial charge in [-0.1, -0.05) is 0 Å². The van der Waals surface area contributed by atoms with E-state index >= 15 is 0 Å². The van der Waals surface area contributed by atoms with E-state index in [9.17, 15) is 19.5 Å². The van der Waals surface area contributed by atoms with Crippen molar-refractivity contribution in [3.05, 3.63) is 46.5 Å². The number of rotatable bonds is 3. The van der Waals surface area contributed by atoms with Crippen LogP contribution in [0, 0.1) is 0 Å². The predicted octanol–water partition coefficient (Wildman–Crippen LogP) is 5.32. The number of carboxylic acid groups (broad SMARTS) is 1. The average molecular weight is 644 g/mol. The molecule has 2 fully saturated rings. The molecule has 4 aromatic rings. The van der Waals surface area contributed by atoms with Crippen molar-refractivity contribution < 1.29 is 24.2 Å². The Kier molecular flexibility index (Phi) is 7.87. The molecule has 0 bridgehead atoms. The zero-order chi connectivity index (χ0) is 31.3. The maximum absolute atomic E-state index is 12.2. The van der Waals surface area contributed by atoms with E-state index in [1.165, 1.54) is 12.3 Å². The molecule has 4 atom stereocenters. The van der Waals surface area contributed by atoms with E-state index in [0.29, 0.717) is 29.2 Å². The van der Waals surface area contributed by atoms with Gasteiger partial charge in [-0.2, -0.15) is 9.97 Å². The van der Waals surface area contributed by atoms with Crippen LogP contribution in [-0.2, 0) is 4.74 Å². The quantitative estimate of drug-likeness (QED) is 0.250. The number of aromatic nitrogens is 6. The first-order valence-corrected chi connectivity index (χ1v) is 15.3. The van der Waals surface area contributed by atoms with Crippen molar-refractivity contribution in [2.45, 2.75) is 89.1 Å². The SMILES string of the molecule is CC(C)(C)OC(=O)N[C@H]1CCC[C@@H]1n1c(C(=O)O)cc2cnc(Cl)nc21.O=C1N[C@H]2CCC[C@@H]2n2c1cc1cnc(Cl)nc12. The van der Waals surface area contributed by atoms with E-state index in [4.69, 9.17) is 27.9 Å². The summed E-state index contributed by atoms with van der Waals surface area (Å²) in [7, 11) is 0. The van der Waals surface area contributed by atoms with Crippen LogP contribution >= 0.6 is 23.2 Å². The fraction of sp³-hybridized carbons (Fsp3) is 0.483. The molecule has 3 aliphatic rings. The van der Waals surface area contributed by atoms with Crippen LogP contribution in [0.25, 0.3) is 22.1 Å². The van der Waals surface area contributed by atoms with E-state index in [1.54, 1.807) is 31.5 Å². The number of nitrogens with one attached hydrogen (secondary N) is 2. The van der Waals surface area contributed by atoms with Crippen molar-refractivity contribution in [2.75, 3.05) is 0 Å². The van der Waals surface area contributed by atoms with Crippen LogP contribution in [0.4, 0.5) is 4.79 Å². The first-order chi connectivity index (χ1) is 20.9. The molecule has 7 rings (SSSR count). The molecule has 44 heavy (non-hydrogen) atoms. The molecule has 15 heteroatoms. The molecule has 5 heterocycles. The first-order valence-electron chi connectivity index (χ1n) is 14.5. The number of carbonyl (C=O) groups is 3. The van der Waals surface area contributed by atoms with Gasteiger partial charge >= 0.3 is 12.1 Å². The van der Waals surface area contributed by atoms with Crippen LogP contribution in [0.2, 0.25) is 10.6 Å². The van der Waals surface area contributed by atoms with Gasteiger partial charge in [0.05, 0.1) is 24.2 Å². The van der Waals surface area contributed by atoms with Crippen molar-refractivity contribution in [1.29, 1.82) is 0 Å². The standard InChI is InChI=1S/C17H21ClN4O4.C12H11ClN4O/c1-17(2,3)26-16(25)20-10-5-4-6-11(10)22-12(14(23)24)7-9-8-19-15(18)21-13(9)22;13-12-14-5-6-4-9-11(18)15-7-2-1-3-8(7)17(9)10(6)16-12/h7-8,10-11H,4-6H2,1-3H3,(H,20,25)(H,23,24);4-5,7-8H,1-3H2,(H,15,18)/t10-,11-;7-,8-/m00/s1. The minimum absolute atomic E-state index is 0.0210. The summed E-state index contributed by atoms with van der Waals surface area (Å²) < 4.78 is 9.01. The number of carbonyl (C=O) groups excluding carboxylic acids is 2. The van der Waals surface area contributed by atoms with Crippen LogP contribution in [0.5, 0.6) is 0 Å². The van der Waals surface area contributed by atoms with Gasteiger partial charge in [0.2, 0.25) is 10.6 Å². The molecule has 13 nitrogen and oxygen atoms in total. The lowest BCUT2D eigenvalue weighted by Crippen LogP contribution is -2.44. The van der Waals surface area contributed by atoms with Gasteiger partial charge in [-0.05, 0) is 94.6 Å². The Morgan fingerprint density at radius 2 is 1.57 bits per heavy atom. The second kappa shape index (κ2) is 11.5. The highest BCUT2D eigenvalue weighted by Gasteiger charge is 2.38. The number of hydrogen-bond acceptors (Lipinski definition) is 8. The zero-order valence-corrected chi connectivity index (χ0v) is 25.9. The summed E-state index contributed by atoms with van der Waals surface area (Å²) in [5.74, 6) is -1.09. The van der Waals surface area contributed by atoms with Crippen molar-refractivity contribution in [2.24, 2.45) is 0 Å². The summed E-state index contributed by atoms with van der Waals surface area (Å²) in [5.41, 5.74) is 1.39. The third-order valence-electron chi connectivity index (χ3n) is 8.19. The third-order valence-corrected chi connectivity index (χ3v) is 8.55. The molecule has 0 radical (unpaired) electrons. The Labute approximate surface area is 262 Å². The molecular weight excluding hydrogens is 611 g/mol. The first kappa shape index (κ1) is 30.1. The topological polar surface area (TPSA) is 166 Å². The average Bonchev–Trinajstić information content (AvgIpc) is 3.72. The Morgan fingerprint density at radius 3 is 2.23 bits per heavy atom. The molecule has 2 aliphatic carbocycles. The van der Waals surface area contributed by atoms with Gasteiger partial charge in [0, 0.05) is 23.2 Å². The van der Waals surface area contributed by atoms with Gasteiger partial charge in [-0.25, -0.2) is 19.6 Å². The minimum atomic E-state index is -1.07. The summed E-state index contributed by atoms with van der Waals surface area (Å²) in [6.45, 7) is 5.37. The van der Waals surface area contributed by atoms with Crippen LogP contribution in [-0.4, -0.2) is 69.8 Å². The second-order valence-electron chi connectivity index (χ2n) is 12.3. The zero-order valence-electron chi connectivity index (χ0n) is 24.4. The van der Waals surface area contributed by atoms with E-state index in [0.717, 1.165) is 43.1 Å². The maximum atomic E-state index is 12.2. The molecular formula is C29H32Cl2N8O5. The molecule has 0 saturated heterocycles. The number of nitrogens with zero attached hydrogens (tertiary/aromatic N) is 6. The number of carboxylic acids is 1. The Bertz CT molecular complexity index is 1780. The third kappa shape index (κ3) is 5.77. The Morgan fingerprint density at radius 1 is 0.955 bits per heavy atom. The predicted molar refractivity (Wildman–Crippen MR) is 162 cm³/mol. The van der Waals surface area contributed by atoms with E-state index in [-0.39, 0.29) is 40.3 Å². The molecule has 2 amide bonds. The highest BCUT2D eigenvalue weighted by molar-refractivity contribution is 6.28. The van der Waals surface area contributed by atoms with Crippen molar-refractivity contribution in [3.63, 3.8) is 0 Å². The molecule has 0 aromatic carbocycles. The van der Waals surface area contributed by atoms with Crippen molar-refractivity contribution in [3.8, 4) is 0 Å². The monoisotopic (exact) mass is 642 g/mol. The molecule has 3 N–H and O–H groups in total. The van der Waals surface area contributed by atoms with Crippen LogP contribution in [0.3, 0.4) is 0 Å². The number of halogens is 2. The summed E-state index contributed by atoms with van der Waals surface area (Å²) in [5, 5.41) is 17.3. The van der Waals surface area contributed by atoms with Gasteiger partial charge in [0.1, 0.15) is 28.3 Å². The summed E-state index contributed by atoms with van der Waals surface area (Å²) in [6.07, 6.45) is 8.18. The van der Waals surface area contributed by atoms with Crippen molar-refractivity contribution in [1.82, 2.24) is 39.7 Å². The molecule has 0 spiro atoms. The lowest BCUT2D eigenvalue weighted by molar-refractivity contribution is 0.0494. The normalized spacial score (nSPS) is 22.6. The van der Waals surface area contributed by atoms with E-state index < -0.39 is 17.7 Å². The van der Waals surface area contributed by atoms with Gasteiger partial charge < -0.3 is 29.6 Å². The molecule has 2 saturated carbocycles. The molecule has 1 aliphatic heterocycles. The smallest absolute Gasteiger partial charge is 0.407 e. The van der Waals surface area contributed by atoms with E-state index in [1.807, 2.05) is 10.6 Å². The summed E-state index contributed by atoms with van der Waals surface area (Å²) in [6, 6.07) is 3.40. The van der Waals surface area contributed by atoms with Crippen LogP contribution < -0.4 is 10.6 Å². The van der Waals surface area contributed by atoms with Crippen LogP contribution in [0.15, 0.2) is 24.5 Å². The summed E-state index contributed by atoms with van der Waals surface area (Å²) in [4.78, 5) is 52.3. The molecule has 4 aromatic heterocycles. The minimum Gasteiger partial charge on any atom is -0.477 e. The molecule has 232 valence electrons. The van der Waals surface area contributed by atoms with Gasteiger partial charge in [0.15, 0.2) is 0 Å². The van der Waals surface area contributed by atoms with Crippen LogP contribution in [0.1, 0.15) is 92.4 Å². The number of ether oxygens (including phenoxy) is 1. The largest absolute Gasteiger partial charge is 0.477 e. The number of hydrogen-bond donors (Lipinski definition) is 3. The van der Waals surface area contributed by atoms with Gasteiger partial charge in [-0.3, -0.25) is 4.79 Å². The fourth-order valence-electron chi connectivity index (χ4n) is 6.52. The fourth-order valence-corrected chi connectivity index (χ4v) is 6.78. The maximum Gasteiger partial charge on any atom is 0.407 e. The lowest BCUT2D eigenvalue weighted by atomic mass is 10.1.